The maximum Gasteiger partial charge on any atom is 0.120 e. The van der Waals surface area contributed by atoms with Crippen molar-refractivity contribution in [1.29, 1.82) is 0 Å². The molecule has 1 aromatic rings. The molecule has 0 atom stereocenters. The van der Waals surface area contributed by atoms with E-state index in [0.29, 0.717) is 11.6 Å². The Balaban J connectivity index is 2.93. The topological polar surface area (TPSA) is 32.3 Å². The van der Waals surface area contributed by atoms with Crippen LogP contribution in [0.3, 0.4) is 0 Å². The lowest BCUT2D eigenvalue weighted by Gasteiger charge is -2.02. The van der Waals surface area contributed by atoms with Crippen molar-refractivity contribution in [3.8, 4) is 5.75 Å². The molecule has 1 aromatic carbocycles. The number of hydrogen-bond acceptors (Lipinski definition) is 2. The van der Waals surface area contributed by atoms with Gasteiger partial charge in [0.2, 0.25) is 0 Å². The molecule has 4 heteroatoms. The predicted molar refractivity (Wildman–Crippen MR) is 54.0 cm³/mol. The fraction of sp³-hybridized carbons (Fsp3) is 0.143. The van der Waals surface area contributed by atoms with E-state index in [4.69, 9.17) is 11.6 Å². The molecule has 0 fully saturated rings. The third-order valence-electron chi connectivity index (χ3n) is 1.30. The molecule has 0 saturated heterocycles. The lowest BCUT2D eigenvalue weighted by Crippen LogP contribution is -1.97. The highest BCUT2D eigenvalue weighted by Gasteiger charge is 1.99. The fourth-order valence-corrected chi connectivity index (χ4v) is 1.37. The van der Waals surface area contributed by atoms with Crippen molar-refractivity contribution in [2.45, 2.75) is 6.54 Å². The lowest BCUT2D eigenvalue weighted by atomic mass is 10.2. The summed E-state index contributed by atoms with van der Waals surface area (Å²) in [5.41, 5.74) is 0.812. The van der Waals surface area contributed by atoms with Crippen LogP contribution in [0.5, 0.6) is 5.75 Å². The van der Waals surface area contributed by atoms with Gasteiger partial charge in [0.1, 0.15) is 5.75 Å². The Kier molecular flexibility index (Phi) is 3.42. The molecule has 0 amide bonds. The first kappa shape index (κ1) is 9.09. The van der Waals surface area contributed by atoms with E-state index in [2.05, 4.69) is 3.53 Å². The summed E-state index contributed by atoms with van der Waals surface area (Å²) in [7, 11) is 0. The third-order valence-corrected chi connectivity index (χ3v) is 1.92. The van der Waals surface area contributed by atoms with Gasteiger partial charge in [-0.05, 0) is 18.2 Å². The first-order chi connectivity index (χ1) is 5.24. The SMILES string of the molecule is Oc1ccc(Cl)cc1CNI. The number of phenolic OH excluding ortho intramolecular Hbond substituents is 1. The molecule has 0 radical (unpaired) electrons. The van der Waals surface area contributed by atoms with Crippen LogP contribution in [0.15, 0.2) is 18.2 Å². The Bertz CT molecular complexity index is 254. The van der Waals surface area contributed by atoms with E-state index in [0.717, 1.165) is 5.56 Å². The van der Waals surface area contributed by atoms with E-state index in [-0.39, 0.29) is 5.75 Å². The van der Waals surface area contributed by atoms with Crippen molar-refractivity contribution in [2.75, 3.05) is 0 Å². The molecule has 0 heterocycles. The minimum Gasteiger partial charge on any atom is -0.508 e. The molecule has 0 aliphatic rings. The van der Waals surface area contributed by atoms with Crippen molar-refractivity contribution in [2.24, 2.45) is 0 Å². The molecule has 11 heavy (non-hydrogen) atoms. The average molecular weight is 283 g/mol. The molecule has 0 bridgehead atoms. The van der Waals surface area contributed by atoms with Crippen molar-refractivity contribution < 1.29 is 5.11 Å². The molecule has 1 rings (SSSR count). The maximum absolute atomic E-state index is 9.26. The number of hydrogen-bond donors (Lipinski definition) is 2. The van der Waals surface area contributed by atoms with Gasteiger partial charge in [-0.15, -0.1) is 0 Å². The number of nitrogens with one attached hydrogen (secondary N) is 1. The summed E-state index contributed by atoms with van der Waals surface area (Å²) in [4.78, 5) is 0. The zero-order valence-electron chi connectivity index (χ0n) is 5.64. The molecule has 60 valence electrons. The number of aromatic hydroxyl groups is 1. The molecule has 2 nitrogen and oxygen atoms in total. The summed E-state index contributed by atoms with van der Waals surface area (Å²) in [6.45, 7) is 0.618. The molecule has 0 aromatic heterocycles. The summed E-state index contributed by atoms with van der Waals surface area (Å²) in [6.07, 6.45) is 0. The highest BCUT2D eigenvalue weighted by molar-refractivity contribution is 14.1. The molecule has 2 N–H and O–H groups in total. The molecule has 0 spiro atoms. The number of halogens is 2. The van der Waals surface area contributed by atoms with Gasteiger partial charge in [-0.3, -0.25) is 3.53 Å². The van der Waals surface area contributed by atoms with E-state index in [1.54, 1.807) is 18.2 Å². The zero-order valence-corrected chi connectivity index (χ0v) is 8.56. The zero-order chi connectivity index (χ0) is 8.27. The van der Waals surface area contributed by atoms with Crippen LogP contribution in [0.1, 0.15) is 5.56 Å². The Hall–Kier alpha value is -0.000000000000000111. The van der Waals surface area contributed by atoms with Crippen molar-refractivity contribution >= 4 is 34.5 Å². The average Bonchev–Trinajstić information content (AvgIpc) is 1.98. The summed E-state index contributed by atoms with van der Waals surface area (Å²) in [5, 5.41) is 9.91. The van der Waals surface area contributed by atoms with Crippen molar-refractivity contribution in [3.63, 3.8) is 0 Å². The van der Waals surface area contributed by atoms with Crippen LogP contribution in [0.25, 0.3) is 0 Å². The van der Waals surface area contributed by atoms with E-state index in [1.165, 1.54) is 0 Å². The Labute approximate surface area is 84.1 Å². The Morgan fingerprint density at radius 3 is 2.91 bits per heavy atom. The van der Waals surface area contributed by atoms with Crippen LogP contribution < -0.4 is 3.53 Å². The van der Waals surface area contributed by atoms with Crippen LogP contribution >= 0.6 is 34.5 Å². The number of rotatable bonds is 2. The second kappa shape index (κ2) is 4.13. The minimum absolute atomic E-state index is 0.276. The number of benzene rings is 1. The molecular formula is C7H7ClINO. The van der Waals surface area contributed by atoms with Crippen LogP contribution in [0.4, 0.5) is 0 Å². The largest absolute Gasteiger partial charge is 0.508 e. The van der Waals surface area contributed by atoms with Gasteiger partial charge in [0.15, 0.2) is 0 Å². The highest BCUT2D eigenvalue weighted by atomic mass is 127. The van der Waals surface area contributed by atoms with Gasteiger partial charge in [-0.2, -0.15) is 0 Å². The van der Waals surface area contributed by atoms with Gasteiger partial charge in [-0.1, -0.05) is 11.6 Å². The molecule has 0 saturated carbocycles. The standard InChI is InChI=1S/C7H7ClINO/c8-6-1-2-7(11)5(3-6)4-10-9/h1-3,10-11H,4H2. The van der Waals surface area contributed by atoms with Gasteiger partial charge in [0.05, 0.1) is 0 Å². The van der Waals surface area contributed by atoms with Crippen molar-refractivity contribution in [1.82, 2.24) is 3.53 Å². The van der Waals surface area contributed by atoms with E-state index >= 15 is 0 Å². The van der Waals surface area contributed by atoms with E-state index < -0.39 is 0 Å². The van der Waals surface area contributed by atoms with Crippen LogP contribution in [-0.4, -0.2) is 5.11 Å². The van der Waals surface area contributed by atoms with Crippen LogP contribution in [0, 0.1) is 0 Å². The molecular weight excluding hydrogens is 276 g/mol. The van der Waals surface area contributed by atoms with Gasteiger partial charge in [-0.25, -0.2) is 0 Å². The minimum atomic E-state index is 0.276. The third kappa shape index (κ3) is 2.50. The monoisotopic (exact) mass is 283 g/mol. The molecule has 0 aliphatic carbocycles. The van der Waals surface area contributed by atoms with E-state index in [9.17, 15) is 5.11 Å². The summed E-state index contributed by atoms with van der Waals surface area (Å²) < 4.78 is 2.90. The smallest absolute Gasteiger partial charge is 0.120 e. The van der Waals surface area contributed by atoms with Gasteiger partial charge >= 0.3 is 0 Å². The summed E-state index contributed by atoms with van der Waals surface area (Å²) in [5.74, 6) is 0.276. The first-order valence-corrected chi connectivity index (χ1v) is 4.50. The maximum atomic E-state index is 9.26. The summed E-state index contributed by atoms with van der Waals surface area (Å²) >= 11 is 7.73. The van der Waals surface area contributed by atoms with Gasteiger partial charge < -0.3 is 5.11 Å². The normalized spacial score (nSPS) is 10.0. The highest BCUT2D eigenvalue weighted by Crippen LogP contribution is 2.21. The Morgan fingerprint density at radius 2 is 2.27 bits per heavy atom. The second-order valence-electron chi connectivity index (χ2n) is 2.08. The number of phenols is 1. The fourth-order valence-electron chi connectivity index (χ4n) is 0.768. The van der Waals surface area contributed by atoms with Crippen LogP contribution in [-0.2, 0) is 6.54 Å². The van der Waals surface area contributed by atoms with Crippen molar-refractivity contribution in [3.05, 3.63) is 28.8 Å². The first-order valence-electron chi connectivity index (χ1n) is 3.05. The quantitative estimate of drug-likeness (QED) is 0.645. The summed E-state index contributed by atoms with van der Waals surface area (Å²) in [6, 6.07) is 4.99. The molecule has 0 aliphatic heterocycles. The van der Waals surface area contributed by atoms with E-state index in [1.807, 2.05) is 22.9 Å². The van der Waals surface area contributed by atoms with Crippen LogP contribution in [0.2, 0.25) is 5.02 Å². The predicted octanol–water partition coefficient (Wildman–Crippen LogP) is 2.49. The molecule has 0 unspecified atom stereocenters. The van der Waals surface area contributed by atoms with Gasteiger partial charge in [0, 0.05) is 40.0 Å². The Morgan fingerprint density at radius 1 is 1.55 bits per heavy atom. The van der Waals surface area contributed by atoms with Gasteiger partial charge in [0.25, 0.3) is 0 Å². The lowest BCUT2D eigenvalue weighted by molar-refractivity contribution is 0.468. The second-order valence-corrected chi connectivity index (χ2v) is 3.28.